The van der Waals surface area contributed by atoms with Crippen molar-refractivity contribution in [2.24, 2.45) is 0 Å². The molecule has 2 amide bonds. The molecule has 0 aliphatic heterocycles. The number of hydrogen-bond acceptors (Lipinski definition) is 2. The maximum atomic E-state index is 13.3. The van der Waals surface area contributed by atoms with Gasteiger partial charge in [0.2, 0.25) is 0 Å². The van der Waals surface area contributed by atoms with Crippen LogP contribution < -0.4 is 10.6 Å². The number of nitrogens with one attached hydrogen (secondary N) is 2. The van der Waals surface area contributed by atoms with Crippen LogP contribution in [0.5, 0.6) is 0 Å². The Hall–Kier alpha value is -2.18. The Morgan fingerprint density at radius 3 is 2.65 bits per heavy atom. The molecular weight excluding hydrogens is 270 g/mol. The van der Waals surface area contributed by atoms with E-state index in [4.69, 9.17) is 5.11 Å². The van der Waals surface area contributed by atoms with Crippen LogP contribution in [0.3, 0.4) is 0 Å². The van der Waals surface area contributed by atoms with Gasteiger partial charge in [-0.3, -0.25) is 4.79 Å². The van der Waals surface area contributed by atoms with Crippen molar-refractivity contribution in [1.82, 2.24) is 5.32 Å². The highest BCUT2D eigenvalue weighted by molar-refractivity contribution is 5.89. The highest BCUT2D eigenvalue weighted by Gasteiger charge is 2.16. The molecule has 0 bridgehead atoms. The molecule has 0 aliphatic carbocycles. The van der Waals surface area contributed by atoms with E-state index in [0.29, 0.717) is 12.8 Å². The third-order valence-electron chi connectivity index (χ3n) is 2.57. The third-order valence-corrected chi connectivity index (χ3v) is 2.57. The number of urea groups is 1. The quantitative estimate of drug-likeness (QED) is 0.752. The van der Waals surface area contributed by atoms with Crippen molar-refractivity contribution in [3.63, 3.8) is 0 Å². The number of anilines is 1. The van der Waals surface area contributed by atoms with Crippen molar-refractivity contribution >= 4 is 17.7 Å². The Balaban J connectivity index is 2.65. The number of halogens is 2. The smallest absolute Gasteiger partial charge is 0.319 e. The second kappa shape index (κ2) is 7.42. The van der Waals surface area contributed by atoms with Crippen molar-refractivity contribution in [1.29, 1.82) is 0 Å². The van der Waals surface area contributed by atoms with Gasteiger partial charge in [0.15, 0.2) is 0 Å². The van der Waals surface area contributed by atoms with Crippen LogP contribution in [-0.4, -0.2) is 23.1 Å². The van der Waals surface area contributed by atoms with Gasteiger partial charge in [-0.15, -0.1) is 0 Å². The lowest BCUT2D eigenvalue weighted by Crippen LogP contribution is -2.39. The molecule has 5 nitrogen and oxygen atoms in total. The average Bonchev–Trinajstić information content (AvgIpc) is 2.33. The number of aliphatic carboxylic acids is 1. The predicted molar refractivity (Wildman–Crippen MR) is 69.5 cm³/mol. The van der Waals surface area contributed by atoms with Gasteiger partial charge >= 0.3 is 12.0 Å². The van der Waals surface area contributed by atoms with E-state index in [2.05, 4.69) is 10.6 Å². The molecule has 0 aromatic heterocycles. The maximum Gasteiger partial charge on any atom is 0.319 e. The van der Waals surface area contributed by atoms with E-state index >= 15 is 0 Å². The summed E-state index contributed by atoms with van der Waals surface area (Å²) in [5, 5.41) is 13.3. The molecule has 0 spiro atoms. The maximum absolute atomic E-state index is 13.3. The normalized spacial score (nSPS) is 11.8. The highest BCUT2D eigenvalue weighted by Crippen LogP contribution is 2.15. The fourth-order valence-corrected chi connectivity index (χ4v) is 1.72. The Morgan fingerprint density at radius 2 is 2.05 bits per heavy atom. The van der Waals surface area contributed by atoms with E-state index in [1.165, 1.54) is 0 Å². The summed E-state index contributed by atoms with van der Waals surface area (Å²) in [6.45, 7) is 1.85. The minimum Gasteiger partial charge on any atom is -0.481 e. The third kappa shape index (κ3) is 5.21. The SMILES string of the molecule is CCCC(CC(=O)O)NC(=O)Nc1cc(F)ccc1F. The molecule has 3 N–H and O–H groups in total. The van der Waals surface area contributed by atoms with Gasteiger partial charge < -0.3 is 15.7 Å². The van der Waals surface area contributed by atoms with Crippen molar-refractivity contribution in [2.75, 3.05) is 5.32 Å². The van der Waals surface area contributed by atoms with Crippen LogP contribution in [0.1, 0.15) is 26.2 Å². The zero-order valence-electron chi connectivity index (χ0n) is 11.0. The Morgan fingerprint density at radius 1 is 1.35 bits per heavy atom. The van der Waals surface area contributed by atoms with Gasteiger partial charge in [0.25, 0.3) is 0 Å². The summed E-state index contributed by atoms with van der Waals surface area (Å²) in [5.41, 5.74) is -0.298. The fraction of sp³-hybridized carbons (Fsp3) is 0.385. The highest BCUT2D eigenvalue weighted by atomic mass is 19.1. The second-order valence-electron chi connectivity index (χ2n) is 4.31. The van der Waals surface area contributed by atoms with Crippen LogP contribution >= 0.6 is 0 Å². The Kier molecular flexibility index (Phi) is 5.89. The predicted octanol–water partition coefficient (Wildman–Crippen LogP) is 2.73. The van der Waals surface area contributed by atoms with Gasteiger partial charge in [0.05, 0.1) is 12.1 Å². The molecule has 0 saturated heterocycles. The van der Waals surface area contributed by atoms with Gasteiger partial charge in [-0.2, -0.15) is 0 Å². The second-order valence-corrected chi connectivity index (χ2v) is 4.31. The van der Waals surface area contributed by atoms with Crippen LogP contribution in [-0.2, 0) is 4.79 Å². The Labute approximate surface area is 115 Å². The number of carboxylic acid groups (broad SMARTS) is 1. The van der Waals surface area contributed by atoms with Gasteiger partial charge in [-0.1, -0.05) is 13.3 Å². The van der Waals surface area contributed by atoms with Crippen molar-refractivity contribution in [3.8, 4) is 0 Å². The molecule has 0 aliphatic rings. The number of hydrogen-bond donors (Lipinski definition) is 3. The van der Waals surface area contributed by atoms with E-state index in [-0.39, 0.29) is 12.1 Å². The average molecular weight is 286 g/mol. The summed E-state index contributed by atoms with van der Waals surface area (Å²) in [6, 6.07) is 1.35. The summed E-state index contributed by atoms with van der Waals surface area (Å²) >= 11 is 0. The molecular formula is C13H16F2N2O3. The van der Waals surface area contributed by atoms with Gasteiger partial charge in [-0.25, -0.2) is 13.6 Å². The topological polar surface area (TPSA) is 78.4 Å². The first-order valence-electron chi connectivity index (χ1n) is 6.16. The fourth-order valence-electron chi connectivity index (χ4n) is 1.72. The molecule has 1 rings (SSSR count). The van der Waals surface area contributed by atoms with Crippen molar-refractivity contribution < 1.29 is 23.5 Å². The van der Waals surface area contributed by atoms with Gasteiger partial charge in [0, 0.05) is 12.1 Å². The molecule has 1 atom stereocenters. The van der Waals surface area contributed by atoms with Crippen LogP contribution in [0, 0.1) is 11.6 Å². The summed E-state index contributed by atoms with van der Waals surface area (Å²) < 4.78 is 26.3. The molecule has 20 heavy (non-hydrogen) atoms. The summed E-state index contributed by atoms with van der Waals surface area (Å²) in [5.74, 6) is -2.50. The minimum atomic E-state index is -1.04. The minimum absolute atomic E-state index is 0.229. The van der Waals surface area contributed by atoms with E-state index in [0.717, 1.165) is 18.2 Å². The number of rotatable bonds is 6. The molecule has 1 aromatic rings. The number of carbonyl (C=O) groups is 2. The summed E-state index contributed by atoms with van der Waals surface area (Å²) in [6.07, 6.45) is 0.935. The Bertz CT molecular complexity index is 495. The lowest BCUT2D eigenvalue weighted by atomic mass is 10.1. The van der Waals surface area contributed by atoms with Crippen molar-refractivity contribution in [2.45, 2.75) is 32.2 Å². The number of carbonyl (C=O) groups excluding carboxylic acids is 1. The van der Waals surface area contributed by atoms with Gasteiger partial charge in [0.1, 0.15) is 11.6 Å². The lowest BCUT2D eigenvalue weighted by molar-refractivity contribution is -0.137. The summed E-state index contributed by atoms with van der Waals surface area (Å²) in [4.78, 5) is 22.3. The molecule has 1 unspecified atom stereocenters. The molecule has 7 heteroatoms. The van der Waals surface area contributed by atoms with Gasteiger partial charge in [-0.05, 0) is 18.6 Å². The molecule has 0 fully saturated rings. The number of amides is 2. The van der Waals surface area contributed by atoms with E-state index in [9.17, 15) is 18.4 Å². The largest absolute Gasteiger partial charge is 0.481 e. The lowest BCUT2D eigenvalue weighted by Gasteiger charge is -2.16. The molecule has 0 radical (unpaired) electrons. The first-order valence-corrected chi connectivity index (χ1v) is 6.16. The van der Waals surface area contributed by atoms with E-state index in [1.807, 2.05) is 6.92 Å². The van der Waals surface area contributed by atoms with Crippen LogP contribution in [0.15, 0.2) is 18.2 Å². The van der Waals surface area contributed by atoms with Crippen LogP contribution in [0.2, 0.25) is 0 Å². The molecule has 110 valence electrons. The standard InChI is InChI=1S/C13H16F2N2O3/c1-2-3-9(7-12(18)19)16-13(20)17-11-6-8(14)4-5-10(11)15/h4-6,9H,2-3,7H2,1H3,(H,18,19)(H2,16,17,20). The van der Waals surface area contributed by atoms with E-state index < -0.39 is 29.7 Å². The monoisotopic (exact) mass is 286 g/mol. The first-order chi connectivity index (χ1) is 9.42. The number of benzene rings is 1. The van der Waals surface area contributed by atoms with Crippen LogP contribution in [0.25, 0.3) is 0 Å². The zero-order chi connectivity index (χ0) is 15.1. The van der Waals surface area contributed by atoms with Crippen molar-refractivity contribution in [3.05, 3.63) is 29.8 Å². The first kappa shape index (κ1) is 15.9. The summed E-state index contributed by atoms with van der Waals surface area (Å²) in [7, 11) is 0. The molecule has 1 aromatic carbocycles. The zero-order valence-corrected chi connectivity index (χ0v) is 11.0. The number of carboxylic acids is 1. The van der Waals surface area contributed by atoms with E-state index in [1.54, 1.807) is 0 Å². The molecule has 0 saturated carbocycles. The van der Waals surface area contributed by atoms with Crippen LogP contribution in [0.4, 0.5) is 19.3 Å². The molecule has 0 heterocycles.